The van der Waals surface area contributed by atoms with Crippen LogP contribution in [0.5, 0.6) is 0 Å². The summed E-state index contributed by atoms with van der Waals surface area (Å²) in [7, 11) is 0. The molecule has 0 amide bonds. The summed E-state index contributed by atoms with van der Waals surface area (Å²) in [5.41, 5.74) is 8.86. The Labute approximate surface area is 106 Å². The van der Waals surface area contributed by atoms with E-state index in [0.29, 0.717) is 12.1 Å². The Balaban J connectivity index is 2.62. The quantitative estimate of drug-likeness (QED) is 0.869. The first-order valence-electron chi connectivity index (χ1n) is 6.08. The summed E-state index contributed by atoms with van der Waals surface area (Å²) in [6.45, 7) is 5.34. The van der Waals surface area contributed by atoms with Crippen LogP contribution < -0.4 is 5.73 Å². The molecule has 0 saturated heterocycles. The Morgan fingerprint density at radius 3 is 2.78 bits per heavy atom. The molecular weight excluding hydrogens is 228 g/mol. The van der Waals surface area contributed by atoms with Gasteiger partial charge in [-0.1, -0.05) is 0 Å². The molecule has 18 heavy (non-hydrogen) atoms. The van der Waals surface area contributed by atoms with Crippen LogP contribution in [-0.4, -0.2) is 22.2 Å². The molecule has 0 unspecified atom stereocenters. The summed E-state index contributed by atoms with van der Waals surface area (Å²) in [4.78, 5) is 11.2. The topological polar surface area (TPSA) is 68.2 Å². The zero-order valence-electron chi connectivity index (χ0n) is 10.7. The zero-order valence-corrected chi connectivity index (χ0v) is 10.7. The van der Waals surface area contributed by atoms with Crippen LogP contribution in [0.4, 0.5) is 0 Å². The van der Waals surface area contributed by atoms with Crippen molar-refractivity contribution < 1.29 is 9.90 Å². The van der Waals surface area contributed by atoms with E-state index < -0.39 is 5.97 Å². The molecule has 1 heterocycles. The van der Waals surface area contributed by atoms with E-state index in [1.807, 2.05) is 26.1 Å². The SMILES string of the molecule is Cc1c(C(=O)O)cc(C)c2c1ccn2CCCN. The lowest BCUT2D eigenvalue weighted by atomic mass is 10.0. The summed E-state index contributed by atoms with van der Waals surface area (Å²) in [5, 5.41) is 10.2. The van der Waals surface area contributed by atoms with Crippen molar-refractivity contribution in [3.63, 3.8) is 0 Å². The molecule has 0 aliphatic carbocycles. The standard InChI is InChI=1S/C14H18N2O2/c1-9-8-12(14(17)18)10(2)11-4-7-16(13(9)11)6-3-5-15/h4,7-8H,3,5-6,15H2,1-2H3,(H,17,18). The average molecular weight is 246 g/mol. The second kappa shape index (κ2) is 4.82. The van der Waals surface area contributed by atoms with Gasteiger partial charge in [0.15, 0.2) is 0 Å². The lowest BCUT2D eigenvalue weighted by Gasteiger charge is -2.10. The van der Waals surface area contributed by atoms with E-state index in [0.717, 1.165) is 35.0 Å². The summed E-state index contributed by atoms with van der Waals surface area (Å²) < 4.78 is 2.15. The maximum atomic E-state index is 11.2. The zero-order chi connectivity index (χ0) is 13.3. The third kappa shape index (κ3) is 1.99. The molecule has 2 aromatic rings. The van der Waals surface area contributed by atoms with Gasteiger partial charge in [-0.3, -0.25) is 0 Å². The first-order chi connectivity index (χ1) is 8.56. The first-order valence-corrected chi connectivity index (χ1v) is 6.08. The molecule has 1 aromatic carbocycles. The minimum absolute atomic E-state index is 0.386. The second-order valence-corrected chi connectivity index (χ2v) is 4.58. The van der Waals surface area contributed by atoms with E-state index in [4.69, 9.17) is 5.73 Å². The highest BCUT2D eigenvalue weighted by molar-refractivity contribution is 5.98. The van der Waals surface area contributed by atoms with Gasteiger partial charge in [-0.15, -0.1) is 0 Å². The van der Waals surface area contributed by atoms with Gasteiger partial charge in [0.25, 0.3) is 0 Å². The number of benzene rings is 1. The van der Waals surface area contributed by atoms with Crippen LogP contribution in [0.15, 0.2) is 18.3 Å². The van der Waals surface area contributed by atoms with E-state index in [2.05, 4.69) is 4.57 Å². The summed E-state index contributed by atoms with van der Waals surface area (Å²) >= 11 is 0. The fourth-order valence-electron chi connectivity index (χ4n) is 2.42. The molecule has 1 aromatic heterocycles. The van der Waals surface area contributed by atoms with Crippen LogP contribution in [0.25, 0.3) is 10.9 Å². The molecule has 3 N–H and O–H groups in total. The number of nitrogens with two attached hydrogens (primary N) is 1. The molecule has 0 spiro atoms. The summed E-state index contributed by atoms with van der Waals surface area (Å²) in [6.07, 6.45) is 2.93. The van der Waals surface area contributed by atoms with Crippen molar-refractivity contribution in [3.8, 4) is 0 Å². The largest absolute Gasteiger partial charge is 0.478 e. The van der Waals surface area contributed by atoms with Crippen LogP contribution in [0.1, 0.15) is 27.9 Å². The van der Waals surface area contributed by atoms with Gasteiger partial charge in [0.1, 0.15) is 0 Å². The number of aryl methyl sites for hydroxylation is 3. The molecular formula is C14H18N2O2. The molecule has 0 fully saturated rings. The molecule has 4 heteroatoms. The van der Waals surface area contributed by atoms with E-state index in [1.165, 1.54) is 0 Å². The molecule has 0 radical (unpaired) electrons. The fraction of sp³-hybridized carbons (Fsp3) is 0.357. The van der Waals surface area contributed by atoms with Crippen LogP contribution in [0.3, 0.4) is 0 Å². The van der Waals surface area contributed by atoms with Gasteiger partial charge >= 0.3 is 5.97 Å². The summed E-state index contributed by atoms with van der Waals surface area (Å²) in [6, 6.07) is 3.74. The van der Waals surface area contributed by atoms with Gasteiger partial charge in [0.05, 0.1) is 11.1 Å². The van der Waals surface area contributed by atoms with E-state index in [-0.39, 0.29) is 0 Å². The molecule has 0 saturated carbocycles. The minimum atomic E-state index is -0.868. The number of carboxylic acid groups (broad SMARTS) is 1. The van der Waals surface area contributed by atoms with Crippen LogP contribution in [0, 0.1) is 13.8 Å². The average Bonchev–Trinajstić information content (AvgIpc) is 2.75. The van der Waals surface area contributed by atoms with Crippen molar-refractivity contribution in [2.75, 3.05) is 6.54 Å². The van der Waals surface area contributed by atoms with Gasteiger partial charge in [-0.25, -0.2) is 4.79 Å². The molecule has 0 bridgehead atoms. The fourth-order valence-corrected chi connectivity index (χ4v) is 2.42. The number of hydrogen-bond donors (Lipinski definition) is 2. The van der Waals surface area contributed by atoms with Gasteiger partial charge in [-0.05, 0) is 50.1 Å². The summed E-state index contributed by atoms with van der Waals surface area (Å²) in [5.74, 6) is -0.868. The number of carbonyl (C=O) groups is 1. The molecule has 0 aliphatic rings. The second-order valence-electron chi connectivity index (χ2n) is 4.58. The molecule has 2 rings (SSSR count). The van der Waals surface area contributed by atoms with E-state index >= 15 is 0 Å². The van der Waals surface area contributed by atoms with Crippen molar-refractivity contribution in [2.45, 2.75) is 26.8 Å². The smallest absolute Gasteiger partial charge is 0.335 e. The van der Waals surface area contributed by atoms with Crippen molar-refractivity contribution in [3.05, 3.63) is 35.0 Å². The number of aromatic nitrogens is 1. The normalized spacial score (nSPS) is 11.1. The number of aromatic carboxylic acids is 1. The van der Waals surface area contributed by atoms with Crippen LogP contribution in [0.2, 0.25) is 0 Å². The maximum Gasteiger partial charge on any atom is 0.335 e. The Kier molecular flexibility index (Phi) is 3.39. The molecule has 4 nitrogen and oxygen atoms in total. The van der Waals surface area contributed by atoms with Gasteiger partial charge in [0.2, 0.25) is 0 Å². The lowest BCUT2D eigenvalue weighted by Crippen LogP contribution is -2.06. The predicted octanol–water partition coefficient (Wildman–Crippen LogP) is 2.31. The number of nitrogens with zero attached hydrogens (tertiary/aromatic N) is 1. The molecule has 0 aliphatic heterocycles. The Morgan fingerprint density at radius 1 is 1.44 bits per heavy atom. The minimum Gasteiger partial charge on any atom is -0.478 e. The molecule has 96 valence electrons. The highest BCUT2D eigenvalue weighted by Crippen LogP contribution is 2.27. The third-order valence-corrected chi connectivity index (χ3v) is 3.34. The van der Waals surface area contributed by atoms with Gasteiger partial charge < -0.3 is 15.4 Å². The van der Waals surface area contributed by atoms with E-state index in [1.54, 1.807) is 6.07 Å². The third-order valence-electron chi connectivity index (χ3n) is 3.34. The van der Waals surface area contributed by atoms with Gasteiger partial charge in [0, 0.05) is 18.1 Å². The number of fused-ring (bicyclic) bond motifs is 1. The van der Waals surface area contributed by atoms with Crippen LogP contribution >= 0.6 is 0 Å². The number of hydrogen-bond acceptors (Lipinski definition) is 2. The monoisotopic (exact) mass is 246 g/mol. The van der Waals surface area contributed by atoms with Crippen molar-refractivity contribution in [2.24, 2.45) is 5.73 Å². The lowest BCUT2D eigenvalue weighted by molar-refractivity contribution is 0.0696. The maximum absolute atomic E-state index is 11.2. The Hall–Kier alpha value is -1.81. The highest BCUT2D eigenvalue weighted by atomic mass is 16.4. The highest BCUT2D eigenvalue weighted by Gasteiger charge is 2.14. The van der Waals surface area contributed by atoms with Crippen molar-refractivity contribution >= 4 is 16.9 Å². The number of rotatable bonds is 4. The van der Waals surface area contributed by atoms with E-state index in [9.17, 15) is 9.90 Å². The van der Waals surface area contributed by atoms with Gasteiger partial charge in [-0.2, -0.15) is 0 Å². The predicted molar refractivity (Wildman–Crippen MR) is 72.0 cm³/mol. The number of carboxylic acids is 1. The molecule has 0 atom stereocenters. The first kappa shape index (κ1) is 12.6. The van der Waals surface area contributed by atoms with Crippen molar-refractivity contribution in [1.29, 1.82) is 0 Å². The Morgan fingerprint density at radius 2 is 2.17 bits per heavy atom. The van der Waals surface area contributed by atoms with Crippen LogP contribution in [-0.2, 0) is 6.54 Å². The Bertz CT molecular complexity index is 599. The van der Waals surface area contributed by atoms with Crippen molar-refractivity contribution in [1.82, 2.24) is 4.57 Å².